The van der Waals surface area contributed by atoms with E-state index in [1.165, 1.54) is 0 Å². The molecule has 0 spiro atoms. The van der Waals surface area contributed by atoms with Gasteiger partial charge in [-0.2, -0.15) is 0 Å². The van der Waals surface area contributed by atoms with Gasteiger partial charge in [-0.15, -0.1) is 0 Å². The monoisotopic (exact) mass is 239 g/mol. The highest BCUT2D eigenvalue weighted by Gasteiger charge is 2.09. The summed E-state index contributed by atoms with van der Waals surface area (Å²) >= 11 is 0. The lowest BCUT2D eigenvalue weighted by atomic mass is 10.2. The molecule has 1 rings (SSSR count). The lowest BCUT2D eigenvalue weighted by molar-refractivity contribution is 0.184. The average Bonchev–Trinajstić information content (AvgIpc) is 2.35. The highest BCUT2D eigenvalue weighted by atomic mass is 19.1. The van der Waals surface area contributed by atoms with E-state index in [9.17, 15) is 4.39 Å². The third-order valence-electron chi connectivity index (χ3n) is 2.78. The second-order valence-corrected chi connectivity index (χ2v) is 4.10. The Balaban J connectivity index is 2.68. The van der Waals surface area contributed by atoms with E-state index in [2.05, 4.69) is 5.32 Å². The lowest BCUT2D eigenvalue weighted by Gasteiger charge is -2.16. The van der Waals surface area contributed by atoms with E-state index in [1.807, 2.05) is 26.8 Å². The van der Waals surface area contributed by atoms with Gasteiger partial charge in [0.15, 0.2) is 11.6 Å². The zero-order chi connectivity index (χ0) is 12.7. The molecule has 0 aromatic heterocycles. The van der Waals surface area contributed by atoms with Crippen LogP contribution >= 0.6 is 0 Å². The molecule has 1 aromatic rings. The van der Waals surface area contributed by atoms with Crippen molar-refractivity contribution in [1.29, 1.82) is 0 Å². The summed E-state index contributed by atoms with van der Waals surface area (Å²) in [5.41, 5.74) is 0.946. The van der Waals surface area contributed by atoms with Crippen LogP contribution in [0.25, 0.3) is 0 Å². The molecule has 96 valence electrons. The van der Waals surface area contributed by atoms with Crippen LogP contribution in [-0.2, 0) is 6.54 Å². The van der Waals surface area contributed by atoms with Crippen LogP contribution in [-0.4, -0.2) is 12.6 Å². The van der Waals surface area contributed by atoms with Crippen LogP contribution in [0.4, 0.5) is 4.39 Å². The molecule has 17 heavy (non-hydrogen) atoms. The average molecular weight is 239 g/mol. The minimum atomic E-state index is -0.271. The molecular weight excluding hydrogens is 217 g/mol. The SMILES string of the molecule is CCNCc1ccc(OC(CC)CC)c(F)c1. The van der Waals surface area contributed by atoms with Gasteiger partial charge in [0.1, 0.15) is 0 Å². The third-order valence-corrected chi connectivity index (χ3v) is 2.78. The fourth-order valence-electron chi connectivity index (χ4n) is 1.65. The highest BCUT2D eigenvalue weighted by Crippen LogP contribution is 2.21. The first-order valence-electron chi connectivity index (χ1n) is 6.37. The Bertz CT molecular complexity index is 337. The molecule has 1 aromatic carbocycles. The van der Waals surface area contributed by atoms with Crippen LogP contribution in [0.2, 0.25) is 0 Å². The van der Waals surface area contributed by atoms with Gasteiger partial charge in [-0.3, -0.25) is 0 Å². The summed E-state index contributed by atoms with van der Waals surface area (Å²) in [6.45, 7) is 7.70. The third kappa shape index (κ3) is 4.35. The van der Waals surface area contributed by atoms with Crippen LogP contribution in [0.5, 0.6) is 5.75 Å². The number of hydrogen-bond acceptors (Lipinski definition) is 2. The van der Waals surface area contributed by atoms with Crippen molar-refractivity contribution in [2.24, 2.45) is 0 Å². The van der Waals surface area contributed by atoms with Crippen LogP contribution in [0.15, 0.2) is 18.2 Å². The molecule has 0 aliphatic heterocycles. The standard InChI is InChI=1S/C14H22FNO/c1-4-12(5-2)17-14-8-7-11(9-13(14)15)10-16-6-3/h7-9,12,16H,4-6,10H2,1-3H3. The molecule has 2 nitrogen and oxygen atoms in total. The summed E-state index contributed by atoms with van der Waals surface area (Å²) in [5.74, 6) is 0.0891. The second-order valence-electron chi connectivity index (χ2n) is 4.10. The molecule has 0 radical (unpaired) electrons. The normalized spacial score (nSPS) is 10.9. The first kappa shape index (κ1) is 14.0. The molecule has 0 unspecified atom stereocenters. The van der Waals surface area contributed by atoms with Gasteiger partial charge >= 0.3 is 0 Å². The Morgan fingerprint density at radius 1 is 1.24 bits per heavy atom. The van der Waals surface area contributed by atoms with E-state index in [0.717, 1.165) is 24.9 Å². The van der Waals surface area contributed by atoms with E-state index in [4.69, 9.17) is 4.74 Å². The van der Waals surface area contributed by atoms with Gasteiger partial charge in [0.2, 0.25) is 0 Å². The number of ether oxygens (including phenoxy) is 1. The fourth-order valence-corrected chi connectivity index (χ4v) is 1.65. The maximum Gasteiger partial charge on any atom is 0.165 e. The molecule has 0 saturated carbocycles. The summed E-state index contributed by atoms with van der Waals surface area (Å²) in [7, 11) is 0. The first-order valence-corrected chi connectivity index (χ1v) is 6.37. The summed E-state index contributed by atoms with van der Waals surface area (Å²) in [6.07, 6.45) is 1.90. The van der Waals surface area contributed by atoms with Crippen molar-refractivity contribution in [3.8, 4) is 5.75 Å². The Morgan fingerprint density at radius 2 is 1.94 bits per heavy atom. The van der Waals surface area contributed by atoms with Crippen LogP contribution < -0.4 is 10.1 Å². The van der Waals surface area contributed by atoms with E-state index < -0.39 is 0 Å². The Labute approximate surface area is 103 Å². The van der Waals surface area contributed by atoms with Crippen molar-refractivity contribution in [3.05, 3.63) is 29.6 Å². The molecule has 1 N–H and O–H groups in total. The van der Waals surface area contributed by atoms with Crippen LogP contribution in [0, 0.1) is 5.82 Å². The first-order chi connectivity index (χ1) is 8.21. The zero-order valence-electron chi connectivity index (χ0n) is 10.9. The Kier molecular flexibility index (Phi) is 5.98. The molecule has 0 aliphatic rings. The van der Waals surface area contributed by atoms with Crippen LogP contribution in [0.1, 0.15) is 39.2 Å². The predicted molar refractivity (Wildman–Crippen MR) is 68.8 cm³/mol. The number of rotatable bonds is 7. The molecule has 0 heterocycles. The largest absolute Gasteiger partial charge is 0.487 e. The molecule has 3 heteroatoms. The van der Waals surface area contributed by atoms with Crippen molar-refractivity contribution >= 4 is 0 Å². The predicted octanol–water partition coefficient (Wildman–Crippen LogP) is 3.50. The van der Waals surface area contributed by atoms with E-state index in [0.29, 0.717) is 12.3 Å². The smallest absolute Gasteiger partial charge is 0.165 e. The van der Waals surface area contributed by atoms with Gasteiger partial charge in [-0.05, 0) is 37.1 Å². The number of halogens is 1. The van der Waals surface area contributed by atoms with E-state index in [-0.39, 0.29) is 11.9 Å². The van der Waals surface area contributed by atoms with Crippen LogP contribution in [0.3, 0.4) is 0 Å². The lowest BCUT2D eigenvalue weighted by Crippen LogP contribution is -2.15. The van der Waals surface area contributed by atoms with Gasteiger partial charge in [0.25, 0.3) is 0 Å². The van der Waals surface area contributed by atoms with Crippen molar-refractivity contribution in [2.45, 2.75) is 46.3 Å². The molecule has 0 bridgehead atoms. The van der Waals surface area contributed by atoms with Crippen molar-refractivity contribution in [3.63, 3.8) is 0 Å². The molecule has 0 amide bonds. The fraction of sp³-hybridized carbons (Fsp3) is 0.571. The molecule has 0 saturated heterocycles. The summed E-state index contributed by atoms with van der Waals surface area (Å²) in [5, 5.41) is 3.17. The second kappa shape index (κ2) is 7.28. The van der Waals surface area contributed by atoms with Crippen molar-refractivity contribution < 1.29 is 9.13 Å². The number of benzene rings is 1. The summed E-state index contributed by atoms with van der Waals surface area (Å²) in [4.78, 5) is 0. The molecular formula is C14H22FNO. The summed E-state index contributed by atoms with van der Waals surface area (Å²) < 4.78 is 19.4. The van der Waals surface area contributed by atoms with Gasteiger partial charge in [-0.1, -0.05) is 26.8 Å². The Morgan fingerprint density at radius 3 is 2.47 bits per heavy atom. The molecule has 0 atom stereocenters. The topological polar surface area (TPSA) is 21.3 Å². The van der Waals surface area contributed by atoms with E-state index >= 15 is 0 Å². The zero-order valence-corrected chi connectivity index (χ0v) is 10.9. The maximum absolute atomic E-state index is 13.8. The number of nitrogens with one attached hydrogen (secondary N) is 1. The van der Waals surface area contributed by atoms with Crippen molar-refractivity contribution in [1.82, 2.24) is 5.32 Å². The van der Waals surface area contributed by atoms with Gasteiger partial charge in [0, 0.05) is 6.54 Å². The van der Waals surface area contributed by atoms with Gasteiger partial charge < -0.3 is 10.1 Å². The quantitative estimate of drug-likeness (QED) is 0.786. The minimum absolute atomic E-state index is 0.101. The van der Waals surface area contributed by atoms with Gasteiger partial charge in [0.05, 0.1) is 6.10 Å². The highest BCUT2D eigenvalue weighted by molar-refractivity contribution is 5.29. The minimum Gasteiger partial charge on any atom is -0.487 e. The van der Waals surface area contributed by atoms with Crippen molar-refractivity contribution in [2.75, 3.05) is 6.54 Å². The molecule has 0 aliphatic carbocycles. The molecule has 0 fully saturated rings. The summed E-state index contributed by atoms with van der Waals surface area (Å²) in [6, 6.07) is 5.17. The van der Waals surface area contributed by atoms with E-state index in [1.54, 1.807) is 12.1 Å². The number of hydrogen-bond donors (Lipinski definition) is 1. The van der Waals surface area contributed by atoms with Gasteiger partial charge in [-0.25, -0.2) is 4.39 Å². The maximum atomic E-state index is 13.8. The Hall–Kier alpha value is -1.09.